The molecule has 6 heteroatoms. The highest BCUT2D eigenvalue weighted by Gasteiger charge is 2.28. The molecule has 0 amide bonds. The quantitative estimate of drug-likeness (QED) is 0.836. The molecule has 1 aromatic rings. The van der Waals surface area contributed by atoms with Gasteiger partial charge in [-0.2, -0.15) is 0 Å². The predicted octanol–water partition coefficient (Wildman–Crippen LogP) is 0.708. The second-order valence-corrected chi connectivity index (χ2v) is 5.36. The van der Waals surface area contributed by atoms with Crippen molar-refractivity contribution in [3.05, 3.63) is 11.9 Å². The number of carboxylic acid groups (broad SMARTS) is 1. The monoisotopic (exact) mass is 238 g/mol. The molecule has 1 aliphatic rings. The number of hydrogen-bond donors (Lipinski definition) is 1. The van der Waals surface area contributed by atoms with Gasteiger partial charge in [-0.25, -0.2) is 4.79 Å². The third kappa shape index (κ3) is 3.03. The molecular weight excluding hydrogens is 220 g/mol. The summed E-state index contributed by atoms with van der Waals surface area (Å²) >= 11 is 0. The third-order valence-electron chi connectivity index (χ3n) is 3.16. The van der Waals surface area contributed by atoms with E-state index in [1.165, 1.54) is 12.6 Å². The molecule has 1 saturated heterocycles. The smallest absolute Gasteiger partial charge is 0.358 e. The summed E-state index contributed by atoms with van der Waals surface area (Å²) in [7, 11) is 0. The van der Waals surface area contributed by atoms with E-state index < -0.39 is 5.97 Å². The van der Waals surface area contributed by atoms with Crippen LogP contribution in [0.15, 0.2) is 6.20 Å². The van der Waals surface area contributed by atoms with Gasteiger partial charge in [0.15, 0.2) is 5.69 Å². The first-order valence-electron chi connectivity index (χ1n) is 5.82. The Bertz CT molecular complexity index is 413. The maximum Gasteiger partial charge on any atom is 0.358 e. The lowest BCUT2D eigenvalue weighted by molar-refractivity contribution is 0.0690. The van der Waals surface area contributed by atoms with Crippen LogP contribution in [-0.4, -0.2) is 50.6 Å². The van der Waals surface area contributed by atoms with E-state index in [1.54, 1.807) is 4.68 Å². The summed E-state index contributed by atoms with van der Waals surface area (Å²) in [6.45, 7) is 8.32. The molecule has 17 heavy (non-hydrogen) atoms. The van der Waals surface area contributed by atoms with Gasteiger partial charge in [0.2, 0.25) is 0 Å². The lowest BCUT2D eigenvalue weighted by Gasteiger charge is -2.19. The van der Waals surface area contributed by atoms with Crippen molar-refractivity contribution in [2.75, 3.05) is 19.6 Å². The molecule has 0 saturated carbocycles. The maximum atomic E-state index is 10.6. The summed E-state index contributed by atoms with van der Waals surface area (Å²) < 4.78 is 1.59. The number of aromatic carboxylic acids is 1. The zero-order valence-electron chi connectivity index (χ0n) is 10.3. The first-order valence-corrected chi connectivity index (χ1v) is 5.82. The van der Waals surface area contributed by atoms with Crippen molar-refractivity contribution in [3.63, 3.8) is 0 Å². The van der Waals surface area contributed by atoms with E-state index >= 15 is 0 Å². The van der Waals surface area contributed by atoms with Crippen LogP contribution in [0.25, 0.3) is 0 Å². The fraction of sp³-hybridized carbons (Fsp3) is 0.727. The van der Waals surface area contributed by atoms with Gasteiger partial charge in [-0.05, 0) is 18.4 Å². The zero-order chi connectivity index (χ0) is 12.5. The lowest BCUT2D eigenvalue weighted by atomic mass is 9.93. The molecule has 1 N–H and O–H groups in total. The van der Waals surface area contributed by atoms with Crippen molar-refractivity contribution in [1.82, 2.24) is 19.9 Å². The molecule has 0 aliphatic carbocycles. The second kappa shape index (κ2) is 4.44. The first-order chi connectivity index (χ1) is 7.96. The van der Waals surface area contributed by atoms with Gasteiger partial charge < -0.3 is 10.0 Å². The number of rotatable bonds is 4. The number of nitrogens with zero attached hydrogens (tertiary/aromatic N) is 4. The minimum Gasteiger partial charge on any atom is -0.476 e. The van der Waals surface area contributed by atoms with Crippen molar-refractivity contribution < 1.29 is 9.90 Å². The van der Waals surface area contributed by atoms with Crippen LogP contribution < -0.4 is 0 Å². The first kappa shape index (κ1) is 12.0. The van der Waals surface area contributed by atoms with E-state index in [-0.39, 0.29) is 5.69 Å². The molecule has 0 atom stereocenters. The number of aromatic nitrogens is 3. The largest absolute Gasteiger partial charge is 0.476 e. The Morgan fingerprint density at radius 2 is 2.29 bits per heavy atom. The fourth-order valence-corrected chi connectivity index (χ4v) is 2.16. The molecule has 2 heterocycles. The topological polar surface area (TPSA) is 71.2 Å². The number of likely N-dealkylation sites (tertiary alicyclic amines) is 1. The Labute approximate surface area is 100 Å². The molecule has 0 bridgehead atoms. The Balaban J connectivity index is 1.84. The molecule has 1 fully saturated rings. The average molecular weight is 238 g/mol. The van der Waals surface area contributed by atoms with Gasteiger partial charge in [0.25, 0.3) is 0 Å². The van der Waals surface area contributed by atoms with Crippen LogP contribution in [0.3, 0.4) is 0 Å². The SMILES string of the molecule is CC1(C)CCN(CCn2cc(C(=O)O)nn2)C1. The van der Waals surface area contributed by atoms with Crippen LogP contribution >= 0.6 is 0 Å². The van der Waals surface area contributed by atoms with E-state index in [2.05, 4.69) is 29.1 Å². The van der Waals surface area contributed by atoms with E-state index in [0.717, 1.165) is 19.6 Å². The maximum absolute atomic E-state index is 10.6. The highest BCUT2D eigenvalue weighted by molar-refractivity contribution is 5.84. The van der Waals surface area contributed by atoms with Gasteiger partial charge in [0.05, 0.1) is 12.7 Å². The van der Waals surface area contributed by atoms with E-state index in [9.17, 15) is 4.79 Å². The Kier molecular flexibility index (Phi) is 3.15. The Hall–Kier alpha value is -1.43. The van der Waals surface area contributed by atoms with Gasteiger partial charge >= 0.3 is 5.97 Å². The Morgan fingerprint density at radius 1 is 1.53 bits per heavy atom. The van der Waals surface area contributed by atoms with Crippen molar-refractivity contribution in [2.24, 2.45) is 5.41 Å². The normalized spacial score (nSPS) is 19.6. The van der Waals surface area contributed by atoms with Gasteiger partial charge in [-0.1, -0.05) is 19.1 Å². The Morgan fingerprint density at radius 3 is 2.82 bits per heavy atom. The molecule has 1 aliphatic heterocycles. The van der Waals surface area contributed by atoms with Gasteiger partial charge in [-0.15, -0.1) is 5.10 Å². The van der Waals surface area contributed by atoms with Crippen molar-refractivity contribution >= 4 is 5.97 Å². The summed E-state index contributed by atoms with van der Waals surface area (Å²) in [6.07, 6.45) is 2.69. The van der Waals surface area contributed by atoms with E-state index in [1.807, 2.05) is 0 Å². The average Bonchev–Trinajstić information content (AvgIpc) is 2.81. The number of carboxylic acids is 1. The van der Waals surface area contributed by atoms with Crippen LogP contribution in [0.5, 0.6) is 0 Å². The summed E-state index contributed by atoms with van der Waals surface area (Å²) in [4.78, 5) is 13.0. The second-order valence-electron chi connectivity index (χ2n) is 5.36. The highest BCUT2D eigenvalue weighted by atomic mass is 16.4. The molecule has 94 valence electrons. The third-order valence-corrected chi connectivity index (χ3v) is 3.16. The number of carbonyl (C=O) groups is 1. The van der Waals surface area contributed by atoms with Crippen LogP contribution in [0.4, 0.5) is 0 Å². The standard InChI is InChI=1S/C11H18N4O2/c1-11(2)3-4-14(8-11)5-6-15-7-9(10(16)17)12-13-15/h7H,3-6,8H2,1-2H3,(H,16,17). The van der Waals surface area contributed by atoms with Crippen LogP contribution in [0, 0.1) is 5.41 Å². The van der Waals surface area contributed by atoms with Crippen LogP contribution in [0.1, 0.15) is 30.8 Å². The zero-order valence-corrected chi connectivity index (χ0v) is 10.3. The van der Waals surface area contributed by atoms with Gasteiger partial charge in [0.1, 0.15) is 0 Å². The van der Waals surface area contributed by atoms with E-state index in [0.29, 0.717) is 12.0 Å². The van der Waals surface area contributed by atoms with Crippen molar-refractivity contribution in [2.45, 2.75) is 26.8 Å². The molecule has 2 rings (SSSR count). The summed E-state index contributed by atoms with van der Waals surface area (Å²) in [5.74, 6) is -1.03. The molecular formula is C11H18N4O2. The summed E-state index contributed by atoms with van der Waals surface area (Å²) in [5, 5.41) is 16.1. The minimum absolute atomic E-state index is 0.00625. The van der Waals surface area contributed by atoms with Gasteiger partial charge in [-0.3, -0.25) is 4.68 Å². The number of hydrogen-bond acceptors (Lipinski definition) is 4. The predicted molar refractivity (Wildman–Crippen MR) is 61.8 cm³/mol. The van der Waals surface area contributed by atoms with E-state index in [4.69, 9.17) is 5.11 Å². The molecule has 0 unspecified atom stereocenters. The highest BCUT2D eigenvalue weighted by Crippen LogP contribution is 2.28. The lowest BCUT2D eigenvalue weighted by Crippen LogP contribution is -2.27. The molecule has 1 aromatic heterocycles. The van der Waals surface area contributed by atoms with Crippen LogP contribution in [0.2, 0.25) is 0 Å². The summed E-state index contributed by atoms with van der Waals surface area (Å²) in [5.41, 5.74) is 0.404. The fourth-order valence-electron chi connectivity index (χ4n) is 2.16. The molecule has 0 aromatic carbocycles. The van der Waals surface area contributed by atoms with Gasteiger partial charge in [0, 0.05) is 13.1 Å². The molecule has 6 nitrogen and oxygen atoms in total. The van der Waals surface area contributed by atoms with Crippen molar-refractivity contribution in [1.29, 1.82) is 0 Å². The molecule has 0 spiro atoms. The summed E-state index contributed by atoms with van der Waals surface area (Å²) in [6, 6.07) is 0. The minimum atomic E-state index is -1.03. The van der Waals surface area contributed by atoms with Crippen LogP contribution in [-0.2, 0) is 6.54 Å². The van der Waals surface area contributed by atoms with Crippen molar-refractivity contribution in [3.8, 4) is 0 Å². The molecule has 0 radical (unpaired) electrons.